The van der Waals surface area contributed by atoms with E-state index in [0.717, 1.165) is 25.9 Å². The lowest BCUT2D eigenvalue weighted by Crippen LogP contribution is -2.22. The number of amides is 1. The van der Waals surface area contributed by atoms with Gasteiger partial charge in [-0.2, -0.15) is 0 Å². The summed E-state index contributed by atoms with van der Waals surface area (Å²) in [5.41, 5.74) is 1.73. The molecule has 132 valence electrons. The van der Waals surface area contributed by atoms with E-state index in [1.807, 2.05) is 6.92 Å². The summed E-state index contributed by atoms with van der Waals surface area (Å²) in [5.74, 6) is 1.60. The van der Waals surface area contributed by atoms with Gasteiger partial charge in [0.2, 0.25) is 5.95 Å². The lowest BCUT2D eigenvalue weighted by Gasteiger charge is -2.16. The Morgan fingerprint density at radius 1 is 1.16 bits per heavy atom. The van der Waals surface area contributed by atoms with Gasteiger partial charge >= 0.3 is 0 Å². The molecule has 0 saturated carbocycles. The standard InChI is InChI=1S/C18H22N4O3/c1-12-14(11-19-18(20-12)22-8-4-5-9-22)17(23)21-13-6-7-15(24-2)16(10-13)25-3/h6-7,10-11H,4-5,8-9H2,1-3H3,(H,21,23). The average molecular weight is 342 g/mol. The van der Waals surface area contributed by atoms with Crippen LogP contribution in [0, 0.1) is 6.92 Å². The molecule has 1 aliphatic heterocycles. The van der Waals surface area contributed by atoms with E-state index >= 15 is 0 Å². The smallest absolute Gasteiger partial charge is 0.259 e. The first kappa shape index (κ1) is 17.0. The van der Waals surface area contributed by atoms with Crippen molar-refractivity contribution in [3.8, 4) is 11.5 Å². The van der Waals surface area contributed by atoms with Crippen LogP contribution in [0.2, 0.25) is 0 Å². The van der Waals surface area contributed by atoms with Gasteiger partial charge in [0.15, 0.2) is 11.5 Å². The maximum Gasteiger partial charge on any atom is 0.259 e. The summed E-state index contributed by atoms with van der Waals surface area (Å²) >= 11 is 0. The average Bonchev–Trinajstić information content (AvgIpc) is 3.16. The Labute approximate surface area is 147 Å². The molecule has 1 fully saturated rings. The van der Waals surface area contributed by atoms with Crippen LogP contribution in [0.1, 0.15) is 28.9 Å². The normalized spacial score (nSPS) is 13.6. The highest BCUT2D eigenvalue weighted by molar-refractivity contribution is 6.05. The van der Waals surface area contributed by atoms with Crippen molar-refractivity contribution in [2.75, 3.05) is 37.5 Å². The molecule has 1 amide bonds. The van der Waals surface area contributed by atoms with Gasteiger partial charge in [-0.1, -0.05) is 0 Å². The SMILES string of the molecule is COc1ccc(NC(=O)c2cnc(N3CCCC3)nc2C)cc1OC. The Morgan fingerprint density at radius 2 is 1.88 bits per heavy atom. The topological polar surface area (TPSA) is 76.6 Å². The quantitative estimate of drug-likeness (QED) is 0.900. The first-order valence-electron chi connectivity index (χ1n) is 8.24. The summed E-state index contributed by atoms with van der Waals surface area (Å²) in [6, 6.07) is 5.22. The number of anilines is 2. The summed E-state index contributed by atoms with van der Waals surface area (Å²) in [7, 11) is 3.12. The molecular formula is C18H22N4O3. The van der Waals surface area contributed by atoms with Crippen LogP contribution < -0.4 is 19.7 Å². The van der Waals surface area contributed by atoms with Crippen molar-refractivity contribution in [2.45, 2.75) is 19.8 Å². The minimum atomic E-state index is -0.252. The Morgan fingerprint density at radius 3 is 2.52 bits per heavy atom. The summed E-state index contributed by atoms with van der Waals surface area (Å²) in [6.07, 6.45) is 3.90. The van der Waals surface area contributed by atoms with Crippen LogP contribution in [0.3, 0.4) is 0 Å². The number of carbonyl (C=O) groups excluding carboxylic acids is 1. The van der Waals surface area contributed by atoms with E-state index in [1.54, 1.807) is 38.6 Å². The third kappa shape index (κ3) is 3.65. The number of benzene rings is 1. The molecular weight excluding hydrogens is 320 g/mol. The molecule has 0 radical (unpaired) electrons. The van der Waals surface area contributed by atoms with Gasteiger partial charge in [-0.25, -0.2) is 9.97 Å². The van der Waals surface area contributed by atoms with Crippen molar-refractivity contribution in [1.82, 2.24) is 9.97 Å². The molecule has 0 bridgehead atoms. The van der Waals surface area contributed by atoms with E-state index in [1.165, 1.54) is 0 Å². The van der Waals surface area contributed by atoms with Crippen molar-refractivity contribution in [1.29, 1.82) is 0 Å². The molecule has 1 aliphatic rings. The fraction of sp³-hybridized carbons (Fsp3) is 0.389. The summed E-state index contributed by atoms with van der Waals surface area (Å²) < 4.78 is 10.5. The zero-order chi connectivity index (χ0) is 17.8. The summed E-state index contributed by atoms with van der Waals surface area (Å²) in [4.78, 5) is 23.5. The van der Waals surface area contributed by atoms with Gasteiger partial charge in [0.1, 0.15) is 0 Å². The van der Waals surface area contributed by atoms with Gasteiger partial charge in [0, 0.05) is 31.0 Å². The number of methoxy groups -OCH3 is 2. The molecule has 1 aromatic heterocycles. The molecule has 1 saturated heterocycles. The van der Waals surface area contributed by atoms with E-state index in [9.17, 15) is 4.79 Å². The number of nitrogens with one attached hydrogen (secondary N) is 1. The van der Waals surface area contributed by atoms with Crippen molar-refractivity contribution in [3.05, 3.63) is 35.7 Å². The van der Waals surface area contributed by atoms with Crippen LogP contribution in [-0.4, -0.2) is 43.2 Å². The largest absolute Gasteiger partial charge is 0.493 e. The molecule has 0 aliphatic carbocycles. The monoisotopic (exact) mass is 342 g/mol. The number of hydrogen-bond acceptors (Lipinski definition) is 6. The van der Waals surface area contributed by atoms with Crippen molar-refractivity contribution in [2.24, 2.45) is 0 Å². The zero-order valence-corrected chi connectivity index (χ0v) is 14.7. The number of nitrogens with zero attached hydrogens (tertiary/aromatic N) is 3. The first-order chi connectivity index (χ1) is 12.1. The lowest BCUT2D eigenvalue weighted by molar-refractivity contribution is 0.102. The van der Waals surface area contributed by atoms with Gasteiger partial charge < -0.3 is 19.7 Å². The Hall–Kier alpha value is -2.83. The fourth-order valence-corrected chi connectivity index (χ4v) is 2.86. The predicted molar refractivity (Wildman–Crippen MR) is 95.7 cm³/mol. The van der Waals surface area contributed by atoms with Gasteiger partial charge in [-0.15, -0.1) is 0 Å². The van der Waals surface area contributed by atoms with Crippen LogP contribution >= 0.6 is 0 Å². The van der Waals surface area contributed by atoms with Crippen molar-refractivity contribution in [3.63, 3.8) is 0 Å². The second-order valence-electron chi connectivity index (χ2n) is 5.89. The number of hydrogen-bond donors (Lipinski definition) is 1. The van der Waals surface area contributed by atoms with E-state index in [-0.39, 0.29) is 5.91 Å². The maximum atomic E-state index is 12.5. The Balaban J connectivity index is 1.77. The molecule has 7 heteroatoms. The van der Waals surface area contributed by atoms with E-state index in [0.29, 0.717) is 34.4 Å². The van der Waals surface area contributed by atoms with Crippen LogP contribution in [0.15, 0.2) is 24.4 Å². The number of rotatable bonds is 5. The van der Waals surface area contributed by atoms with Crippen LogP contribution in [-0.2, 0) is 0 Å². The Bertz CT molecular complexity index is 773. The van der Waals surface area contributed by atoms with E-state index < -0.39 is 0 Å². The number of aryl methyl sites for hydroxylation is 1. The van der Waals surface area contributed by atoms with E-state index in [4.69, 9.17) is 9.47 Å². The number of carbonyl (C=O) groups is 1. The molecule has 0 atom stereocenters. The molecule has 1 aromatic carbocycles. The highest BCUT2D eigenvalue weighted by Gasteiger charge is 2.18. The molecule has 7 nitrogen and oxygen atoms in total. The molecule has 2 heterocycles. The minimum Gasteiger partial charge on any atom is -0.493 e. The number of aromatic nitrogens is 2. The predicted octanol–water partition coefficient (Wildman–Crippen LogP) is 2.65. The van der Waals surface area contributed by atoms with Gasteiger partial charge in [-0.3, -0.25) is 4.79 Å². The highest BCUT2D eigenvalue weighted by Crippen LogP contribution is 2.30. The lowest BCUT2D eigenvalue weighted by atomic mass is 10.2. The molecule has 1 N–H and O–H groups in total. The van der Waals surface area contributed by atoms with Crippen LogP contribution in [0.25, 0.3) is 0 Å². The second-order valence-corrected chi connectivity index (χ2v) is 5.89. The molecule has 0 unspecified atom stereocenters. The summed E-state index contributed by atoms with van der Waals surface area (Å²) in [6.45, 7) is 3.76. The zero-order valence-electron chi connectivity index (χ0n) is 14.7. The van der Waals surface area contributed by atoms with Crippen LogP contribution in [0.4, 0.5) is 11.6 Å². The molecule has 0 spiro atoms. The van der Waals surface area contributed by atoms with Crippen LogP contribution in [0.5, 0.6) is 11.5 Å². The number of ether oxygens (including phenoxy) is 2. The first-order valence-corrected chi connectivity index (χ1v) is 8.24. The maximum absolute atomic E-state index is 12.5. The molecule has 2 aromatic rings. The van der Waals surface area contributed by atoms with Gasteiger partial charge in [-0.05, 0) is 31.9 Å². The molecule has 25 heavy (non-hydrogen) atoms. The van der Waals surface area contributed by atoms with Crippen molar-refractivity contribution >= 4 is 17.5 Å². The third-order valence-corrected chi connectivity index (χ3v) is 4.24. The Kier molecular flexibility index (Phi) is 5.02. The van der Waals surface area contributed by atoms with Gasteiger partial charge in [0.25, 0.3) is 5.91 Å². The van der Waals surface area contributed by atoms with E-state index in [2.05, 4.69) is 20.2 Å². The molecule has 3 rings (SSSR count). The minimum absolute atomic E-state index is 0.252. The summed E-state index contributed by atoms with van der Waals surface area (Å²) in [5, 5.41) is 2.85. The highest BCUT2D eigenvalue weighted by atomic mass is 16.5. The van der Waals surface area contributed by atoms with Gasteiger partial charge in [0.05, 0.1) is 25.5 Å². The fourth-order valence-electron chi connectivity index (χ4n) is 2.86. The second kappa shape index (κ2) is 7.38. The third-order valence-electron chi connectivity index (χ3n) is 4.24. The van der Waals surface area contributed by atoms with Crippen molar-refractivity contribution < 1.29 is 14.3 Å².